The molecular formula is C33H39N3O7S. The number of hydrogen-bond donors (Lipinski definition) is 1. The second-order valence-corrected chi connectivity index (χ2v) is 12.9. The summed E-state index contributed by atoms with van der Waals surface area (Å²) in [5, 5.41) is 3.28. The molecule has 0 bridgehead atoms. The summed E-state index contributed by atoms with van der Waals surface area (Å²) < 4.78 is 23.7. The van der Waals surface area contributed by atoms with Crippen LogP contribution in [0.3, 0.4) is 0 Å². The quantitative estimate of drug-likeness (QED) is 0.311. The van der Waals surface area contributed by atoms with E-state index >= 15 is 0 Å². The highest BCUT2D eigenvalue weighted by molar-refractivity contribution is 7.20. The number of benzene rings is 1. The van der Waals surface area contributed by atoms with Crippen LogP contribution in [0.25, 0.3) is 10.8 Å². The van der Waals surface area contributed by atoms with Crippen LogP contribution in [0.5, 0.6) is 5.75 Å². The number of anilines is 1. The third-order valence-corrected chi connectivity index (χ3v) is 10.6. The monoisotopic (exact) mass is 621 g/mol. The lowest BCUT2D eigenvalue weighted by atomic mass is 9.63. The lowest BCUT2D eigenvalue weighted by Gasteiger charge is -2.45. The summed E-state index contributed by atoms with van der Waals surface area (Å²) in [6.07, 6.45) is 6.55. The predicted octanol–water partition coefficient (Wildman–Crippen LogP) is 5.50. The van der Waals surface area contributed by atoms with Gasteiger partial charge in [-0.25, -0.2) is 4.98 Å². The van der Waals surface area contributed by atoms with Gasteiger partial charge in [-0.15, -0.1) is 11.3 Å². The number of thiophene rings is 1. The Hall–Kier alpha value is -3.54. The second-order valence-electron chi connectivity index (χ2n) is 11.9. The van der Waals surface area contributed by atoms with E-state index in [-0.39, 0.29) is 42.6 Å². The number of hydrogen-bond acceptors (Lipinski definition) is 9. The maximum atomic E-state index is 14.9. The van der Waals surface area contributed by atoms with Gasteiger partial charge in [0.1, 0.15) is 28.5 Å². The number of para-hydroxylation sites is 1. The summed E-state index contributed by atoms with van der Waals surface area (Å²) in [5.41, 5.74) is 0.868. The van der Waals surface area contributed by atoms with Crippen LogP contribution >= 0.6 is 11.3 Å². The molecule has 2 aliphatic heterocycles. The smallest absolute Gasteiger partial charge is 0.241 e. The summed E-state index contributed by atoms with van der Waals surface area (Å²) in [4.78, 5) is 48.6. The van der Waals surface area contributed by atoms with Crippen LogP contribution in [0.4, 0.5) is 5.00 Å². The van der Waals surface area contributed by atoms with Gasteiger partial charge in [0.2, 0.25) is 17.7 Å². The number of ketones is 1. The normalized spacial score (nSPS) is 23.1. The van der Waals surface area contributed by atoms with Gasteiger partial charge in [0.15, 0.2) is 5.78 Å². The number of ether oxygens (including phenoxy) is 3. The largest absolute Gasteiger partial charge is 0.496 e. The van der Waals surface area contributed by atoms with E-state index in [2.05, 4.69) is 10.3 Å². The minimum Gasteiger partial charge on any atom is -0.496 e. The van der Waals surface area contributed by atoms with Crippen molar-refractivity contribution >= 4 is 33.9 Å². The van der Waals surface area contributed by atoms with Gasteiger partial charge in [-0.3, -0.25) is 19.3 Å². The number of nitrogens with zero attached hydrogens (tertiary/aromatic N) is 2. The van der Waals surface area contributed by atoms with E-state index in [4.69, 9.17) is 18.6 Å². The Bertz CT molecular complexity index is 1510. The third kappa shape index (κ3) is 5.57. The van der Waals surface area contributed by atoms with Crippen molar-refractivity contribution in [1.82, 2.24) is 10.3 Å². The molecule has 3 aromatic rings. The zero-order chi connectivity index (χ0) is 30.8. The molecule has 1 aliphatic carbocycles. The second kappa shape index (κ2) is 12.8. The van der Waals surface area contributed by atoms with E-state index < -0.39 is 11.5 Å². The summed E-state index contributed by atoms with van der Waals surface area (Å²) >= 11 is 1.35. The zero-order valence-corrected chi connectivity index (χ0v) is 26.2. The summed E-state index contributed by atoms with van der Waals surface area (Å²) in [6, 6.07) is 7.71. The van der Waals surface area contributed by atoms with Crippen molar-refractivity contribution in [3.63, 3.8) is 0 Å². The molecule has 10 nitrogen and oxygen atoms in total. The first-order valence-corrected chi connectivity index (χ1v) is 16.1. The number of carbonyl (C=O) groups excluding carboxylic acids is 3. The van der Waals surface area contributed by atoms with Crippen molar-refractivity contribution in [2.24, 2.45) is 11.3 Å². The van der Waals surface area contributed by atoms with Crippen molar-refractivity contribution in [2.45, 2.75) is 64.1 Å². The van der Waals surface area contributed by atoms with Gasteiger partial charge in [-0.2, -0.15) is 0 Å². The van der Waals surface area contributed by atoms with E-state index in [1.54, 1.807) is 25.3 Å². The lowest BCUT2D eigenvalue weighted by molar-refractivity contribution is -0.131. The average Bonchev–Trinajstić information content (AvgIpc) is 3.70. The van der Waals surface area contributed by atoms with Gasteiger partial charge >= 0.3 is 0 Å². The van der Waals surface area contributed by atoms with E-state index in [9.17, 15) is 14.4 Å². The van der Waals surface area contributed by atoms with Crippen LogP contribution in [0.2, 0.25) is 0 Å². The molecule has 1 N–H and O–H groups in total. The lowest BCUT2D eigenvalue weighted by Crippen LogP contribution is -2.56. The minimum absolute atomic E-state index is 0.0480. The van der Waals surface area contributed by atoms with Gasteiger partial charge in [-0.1, -0.05) is 24.6 Å². The van der Waals surface area contributed by atoms with E-state index in [0.717, 1.165) is 35.3 Å². The molecule has 2 fully saturated rings. The molecule has 3 aliphatic rings. The molecule has 4 heterocycles. The van der Waals surface area contributed by atoms with Gasteiger partial charge in [0, 0.05) is 32.2 Å². The first-order chi connectivity index (χ1) is 21.4. The fourth-order valence-electron chi connectivity index (χ4n) is 7.03. The maximum absolute atomic E-state index is 14.9. The Balaban J connectivity index is 1.45. The van der Waals surface area contributed by atoms with Crippen molar-refractivity contribution in [3.8, 4) is 16.5 Å². The summed E-state index contributed by atoms with van der Waals surface area (Å²) in [5.74, 6) is 0.532. The van der Waals surface area contributed by atoms with E-state index in [1.807, 2.05) is 31.2 Å². The molecule has 1 saturated heterocycles. The number of oxazole rings is 1. The van der Waals surface area contributed by atoms with Crippen molar-refractivity contribution in [2.75, 3.05) is 38.8 Å². The molecule has 0 unspecified atom stereocenters. The molecule has 0 radical (unpaired) electrons. The van der Waals surface area contributed by atoms with Crippen molar-refractivity contribution in [3.05, 3.63) is 53.4 Å². The first kappa shape index (κ1) is 30.5. The van der Waals surface area contributed by atoms with E-state index in [1.165, 1.54) is 17.6 Å². The fourth-order valence-corrected chi connectivity index (χ4v) is 8.29. The van der Waals surface area contributed by atoms with Gasteiger partial charge in [0.05, 0.1) is 36.4 Å². The standard InChI is InChI=1S/C33H39N3O7S/c1-20-27-29(38)33(12-6-7-21(18-33)17-26(37)34-2)32(39)36(31(27)44-28(20)30-35-13-16-42-30)19-25(43-22-10-14-41-15-11-22)23-8-4-5-9-24(23)40-3/h4-5,8-9,13,16,21-22,25H,6-7,10-12,14-15,17-19H2,1-3H3,(H,34,37)/t21-,25+,33+/m1/s1. The zero-order valence-electron chi connectivity index (χ0n) is 25.4. The topological polar surface area (TPSA) is 120 Å². The Morgan fingerprint density at radius 1 is 1.23 bits per heavy atom. The molecule has 234 valence electrons. The van der Waals surface area contributed by atoms with Crippen LogP contribution in [0.1, 0.15) is 72.5 Å². The number of rotatable bonds is 9. The van der Waals surface area contributed by atoms with E-state index in [0.29, 0.717) is 54.7 Å². The molecule has 1 spiro atoms. The number of methoxy groups -OCH3 is 1. The number of nitrogens with one attached hydrogen (secondary N) is 1. The molecule has 1 aromatic carbocycles. The molecule has 2 amide bonds. The summed E-state index contributed by atoms with van der Waals surface area (Å²) in [7, 11) is 3.24. The fraction of sp³-hybridized carbons (Fsp3) is 0.515. The van der Waals surface area contributed by atoms with Crippen LogP contribution in [-0.2, 0) is 19.1 Å². The Morgan fingerprint density at radius 2 is 2.02 bits per heavy atom. The molecule has 44 heavy (non-hydrogen) atoms. The first-order valence-electron chi connectivity index (χ1n) is 15.3. The van der Waals surface area contributed by atoms with Crippen LogP contribution in [0, 0.1) is 18.3 Å². The number of Topliss-reactive ketones (excluding diaryl/α,β-unsaturated/α-hetero) is 1. The molecule has 6 rings (SSSR count). The number of fused-ring (bicyclic) bond motifs is 1. The Kier molecular flexibility index (Phi) is 8.89. The molecule has 3 atom stereocenters. The van der Waals surface area contributed by atoms with Crippen LogP contribution in [-0.4, -0.2) is 62.6 Å². The highest BCUT2D eigenvalue weighted by atomic mass is 32.1. The molecule has 2 aromatic heterocycles. The number of aromatic nitrogens is 1. The Labute approximate surface area is 261 Å². The van der Waals surface area contributed by atoms with Gasteiger partial charge in [0.25, 0.3) is 0 Å². The SMILES string of the molecule is CNC(=O)C[C@H]1CCC[C@]2(C1)C(=O)c1c(sc(-c3ncco3)c1C)N(C[C@H](OC1CCOCC1)c1ccccc1OC)C2=O. The number of carbonyl (C=O) groups is 3. The molecule has 11 heteroatoms. The highest BCUT2D eigenvalue weighted by Gasteiger charge is 2.56. The highest BCUT2D eigenvalue weighted by Crippen LogP contribution is 2.54. The van der Waals surface area contributed by atoms with Crippen LogP contribution in [0.15, 0.2) is 41.1 Å². The van der Waals surface area contributed by atoms with Gasteiger partial charge < -0.3 is 23.9 Å². The predicted molar refractivity (Wildman–Crippen MR) is 165 cm³/mol. The summed E-state index contributed by atoms with van der Waals surface area (Å²) in [6.45, 7) is 3.33. The van der Waals surface area contributed by atoms with Crippen molar-refractivity contribution < 1.29 is 33.0 Å². The third-order valence-electron chi connectivity index (χ3n) is 9.28. The Morgan fingerprint density at radius 3 is 2.75 bits per heavy atom. The molecule has 1 saturated carbocycles. The number of amides is 2. The molecular weight excluding hydrogens is 582 g/mol. The van der Waals surface area contributed by atoms with Crippen molar-refractivity contribution in [1.29, 1.82) is 0 Å². The minimum atomic E-state index is -1.26. The van der Waals surface area contributed by atoms with Crippen LogP contribution < -0.4 is 15.0 Å². The van der Waals surface area contributed by atoms with Gasteiger partial charge in [-0.05, 0) is 56.6 Å². The average molecular weight is 622 g/mol. The maximum Gasteiger partial charge on any atom is 0.241 e.